The molecule has 0 saturated heterocycles. The number of hydrogen-bond acceptors (Lipinski definition) is 2. The molecule has 2 aromatic carbocycles. The van der Waals surface area contributed by atoms with E-state index in [4.69, 9.17) is 4.42 Å². The van der Waals surface area contributed by atoms with Crippen molar-refractivity contribution in [3.63, 3.8) is 0 Å². The van der Waals surface area contributed by atoms with Gasteiger partial charge in [0.25, 0.3) is 0 Å². The standard InChI is InChI=1S/C19H20O2/c1-2-6-17-18(20)12-11-16-15(13-21-19(16)17)10-9-14-7-4-3-5-8-14/h3-5,7-8,11-13,20H,2,6,9-10H2,1H3. The summed E-state index contributed by atoms with van der Waals surface area (Å²) in [5.41, 5.74) is 4.33. The minimum atomic E-state index is 0.341. The Morgan fingerprint density at radius 3 is 2.52 bits per heavy atom. The summed E-state index contributed by atoms with van der Waals surface area (Å²) in [5.74, 6) is 0.341. The maximum absolute atomic E-state index is 10.00. The van der Waals surface area contributed by atoms with E-state index < -0.39 is 0 Å². The van der Waals surface area contributed by atoms with Crippen LogP contribution in [0.4, 0.5) is 0 Å². The number of furan rings is 1. The van der Waals surface area contributed by atoms with E-state index >= 15 is 0 Å². The van der Waals surface area contributed by atoms with Gasteiger partial charge in [-0.3, -0.25) is 0 Å². The summed E-state index contributed by atoms with van der Waals surface area (Å²) in [4.78, 5) is 0. The second-order valence-electron chi connectivity index (χ2n) is 5.44. The highest BCUT2D eigenvalue weighted by atomic mass is 16.3. The largest absolute Gasteiger partial charge is 0.508 e. The summed E-state index contributed by atoms with van der Waals surface area (Å²) in [5, 5.41) is 11.1. The van der Waals surface area contributed by atoms with Gasteiger partial charge < -0.3 is 9.52 Å². The molecule has 0 aliphatic rings. The summed E-state index contributed by atoms with van der Waals surface area (Å²) < 4.78 is 5.74. The number of phenolic OH excluding ortho intramolecular Hbond substituents is 1. The average Bonchev–Trinajstić information content (AvgIpc) is 2.92. The zero-order valence-corrected chi connectivity index (χ0v) is 12.3. The molecule has 1 aromatic heterocycles. The Labute approximate surface area is 125 Å². The zero-order chi connectivity index (χ0) is 14.7. The van der Waals surface area contributed by atoms with Crippen LogP contribution < -0.4 is 0 Å². The molecule has 2 nitrogen and oxygen atoms in total. The monoisotopic (exact) mass is 280 g/mol. The van der Waals surface area contributed by atoms with E-state index in [2.05, 4.69) is 31.2 Å². The van der Waals surface area contributed by atoms with Crippen LogP contribution in [0.1, 0.15) is 30.0 Å². The molecule has 0 spiro atoms. The lowest BCUT2D eigenvalue weighted by atomic mass is 10.0. The predicted octanol–water partition coefficient (Wildman–Crippen LogP) is 4.88. The van der Waals surface area contributed by atoms with Gasteiger partial charge in [0, 0.05) is 10.9 Å². The van der Waals surface area contributed by atoms with Crippen LogP contribution in [0.5, 0.6) is 5.75 Å². The Morgan fingerprint density at radius 2 is 1.76 bits per heavy atom. The third-order valence-corrected chi connectivity index (χ3v) is 3.93. The molecule has 108 valence electrons. The van der Waals surface area contributed by atoms with E-state index in [0.29, 0.717) is 5.75 Å². The molecule has 0 saturated carbocycles. The van der Waals surface area contributed by atoms with Gasteiger partial charge >= 0.3 is 0 Å². The van der Waals surface area contributed by atoms with E-state index in [0.717, 1.165) is 42.2 Å². The smallest absolute Gasteiger partial charge is 0.141 e. The summed E-state index contributed by atoms with van der Waals surface area (Å²) in [6, 6.07) is 14.2. The molecule has 1 heterocycles. The van der Waals surface area contributed by atoms with Gasteiger partial charge in [-0.1, -0.05) is 43.7 Å². The first-order chi connectivity index (χ1) is 10.3. The van der Waals surface area contributed by atoms with Gasteiger partial charge in [0.05, 0.1) is 6.26 Å². The van der Waals surface area contributed by atoms with Crippen molar-refractivity contribution in [2.45, 2.75) is 32.6 Å². The van der Waals surface area contributed by atoms with Gasteiger partial charge in [-0.15, -0.1) is 0 Å². The van der Waals surface area contributed by atoms with Crippen LogP contribution in [-0.2, 0) is 19.3 Å². The topological polar surface area (TPSA) is 33.4 Å². The maximum Gasteiger partial charge on any atom is 0.141 e. The molecule has 0 atom stereocenters. The molecule has 0 fully saturated rings. The van der Waals surface area contributed by atoms with Crippen LogP contribution in [0.3, 0.4) is 0 Å². The second-order valence-corrected chi connectivity index (χ2v) is 5.44. The van der Waals surface area contributed by atoms with Crippen molar-refractivity contribution in [2.24, 2.45) is 0 Å². The average molecular weight is 280 g/mol. The molecular weight excluding hydrogens is 260 g/mol. The Kier molecular flexibility index (Phi) is 3.96. The van der Waals surface area contributed by atoms with Crippen LogP contribution >= 0.6 is 0 Å². The molecule has 0 bridgehead atoms. The van der Waals surface area contributed by atoms with Crippen molar-refractivity contribution in [1.82, 2.24) is 0 Å². The molecule has 3 rings (SSSR count). The molecule has 2 heteroatoms. The number of benzene rings is 2. The van der Waals surface area contributed by atoms with E-state index in [1.807, 2.05) is 18.4 Å². The fourth-order valence-electron chi connectivity index (χ4n) is 2.81. The molecule has 0 amide bonds. The Hall–Kier alpha value is -2.22. The fourth-order valence-corrected chi connectivity index (χ4v) is 2.81. The molecule has 0 aliphatic carbocycles. The quantitative estimate of drug-likeness (QED) is 0.723. The van der Waals surface area contributed by atoms with E-state index in [9.17, 15) is 5.11 Å². The lowest BCUT2D eigenvalue weighted by Crippen LogP contribution is -1.90. The van der Waals surface area contributed by atoms with Crippen LogP contribution in [-0.4, -0.2) is 5.11 Å². The summed E-state index contributed by atoms with van der Waals surface area (Å²) in [6.45, 7) is 2.11. The Bertz CT molecular complexity index is 726. The van der Waals surface area contributed by atoms with Crippen molar-refractivity contribution in [3.8, 4) is 5.75 Å². The summed E-state index contributed by atoms with van der Waals surface area (Å²) in [6.07, 6.45) is 5.63. The van der Waals surface area contributed by atoms with Gasteiger partial charge in [-0.05, 0) is 42.5 Å². The first-order valence-corrected chi connectivity index (χ1v) is 7.54. The molecule has 21 heavy (non-hydrogen) atoms. The minimum Gasteiger partial charge on any atom is -0.508 e. The Balaban J connectivity index is 1.88. The molecule has 0 radical (unpaired) electrons. The van der Waals surface area contributed by atoms with Crippen LogP contribution in [0, 0.1) is 0 Å². The number of fused-ring (bicyclic) bond motifs is 1. The minimum absolute atomic E-state index is 0.341. The highest BCUT2D eigenvalue weighted by Crippen LogP contribution is 2.32. The van der Waals surface area contributed by atoms with E-state index in [1.54, 1.807) is 6.07 Å². The number of aromatic hydroxyl groups is 1. The van der Waals surface area contributed by atoms with Gasteiger partial charge in [0.1, 0.15) is 11.3 Å². The van der Waals surface area contributed by atoms with Crippen molar-refractivity contribution in [3.05, 3.63) is 65.4 Å². The van der Waals surface area contributed by atoms with Gasteiger partial charge in [-0.2, -0.15) is 0 Å². The highest BCUT2D eigenvalue weighted by Gasteiger charge is 2.13. The van der Waals surface area contributed by atoms with Crippen LogP contribution in [0.2, 0.25) is 0 Å². The fraction of sp³-hybridized carbons (Fsp3) is 0.263. The molecular formula is C19H20O2. The lowest BCUT2D eigenvalue weighted by molar-refractivity contribution is 0.466. The van der Waals surface area contributed by atoms with Crippen molar-refractivity contribution >= 4 is 11.0 Å². The molecule has 3 aromatic rings. The zero-order valence-electron chi connectivity index (χ0n) is 12.3. The third-order valence-electron chi connectivity index (χ3n) is 3.93. The molecule has 1 N–H and O–H groups in total. The normalized spacial score (nSPS) is 11.1. The first-order valence-electron chi connectivity index (χ1n) is 7.54. The number of rotatable bonds is 5. The number of hydrogen-bond donors (Lipinski definition) is 1. The SMILES string of the molecule is CCCc1c(O)ccc2c(CCc3ccccc3)coc12. The van der Waals surface area contributed by atoms with Crippen molar-refractivity contribution in [1.29, 1.82) is 0 Å². The van der Waals surface area contributed by atoms with Crippen LogP contribution in [0.15, 0.2) is 53.1 Å². The van der Waals surface area contributed by atoms with Gasteiger partial charge in [-0.25, -0.2) is 0 Å². The summed E-state index contributed by atoms with van der Waals surface area (Å²) >= 11 is 0. The highest BCUT2D eigenvalue weighted by molar-refractivity contribution is 5.85. The molecule has 0 aliphatic heterocycles. The van der Waals surface area contributed by atoms with Crippen molar-refractivity contribution < 1.29 is 9.52 Å². The number of phenols is 1. The van der Waals surface area contributed by atoms with Gasteiger partial charge in [0.15, 0.2) is 0 Å². The van der Waals surface area contributed by atoms with Crippen LogP contribution in [0.25, 0.3) is 11.0 Å². The lowest BCUT2D eigenvalue weighted by Gasteiger charge is -2.04. The third kappa shape index (κ3) is 2.80. The maximum atomic E-state index is 10.00. The summed E-state index contributed by atoms with van der Waals surface area (Å²) in [7, 11) is 0. The van der Waals surface area contributed by atoms with E-state index in [-0.39, 0.29) is 0 Å². The number of aryl methyl sites for hydroxylation is 3. The second kappa shape index (κ2) is 6.04. The first kappa shape index (κ1) is 13.7. The predicted molar refractivity (Wildman–Crippen MR) is 85.7 cm³/mol. The van der Waals surface area contributed by atoms with E-state index in [1.165, 1.54) is 11.1 Å². The van der Waals surface area contributed by atoms with Crippen molar-refractivity contribution in [2.75, 3.05) is 0 Å². The van der Waals surface area contributed by atoms with Gasteiger partial charge in [0.2, 0.25) is 0 Å². The molecule has 0 unspecified atom stereocenters. The Morgan fingerprint density at radius 1 is 0.952 bits per heavy atom.